The number of thioether (sulfide) groups is 1. The highest BCUT2D eigenvalue weighted by Crippen LogP contribution is 2.25. The van der Waals surface area contributed by atoms with Gasteiger partial charge in [0.15, 0.2) is 10.9 Å². The summed E-state index contributed by atoms with van der Waals surface area (Å²) in [5, 5.41) is 4.17. The number of aromatic nitrogens is 2. The van der Waals surface area contributed by atoms with Crippen molar-refractivity contribution in [3.8, 4) is 0 Å². The number of fused-ring (bicyclic) bond motifs is 1. The van der Waals surface area contributed by atoms with E-state index in [1.807, 2.05) is 29.8 Å². The molecule has 3 aromatic rings. The molecule has 0 atom stereocenters. The van der Waals surface area contributed by atoms with Gasteiger partial charge in [0.05, 0.1) is 16.8 Å². The molecule has 0 saturated carbocycles. The third kappa shape index (κ3) is 4.08. The molecule has 1 aromatic heterocycles. The number of amides is 1. The number of carbonyl (C=O) groups is 2. The number of rotatable bonds is 6. The van der Waals surface area contributed by atoms with E-state index in [0.717, 1.165) is 16.2 Å². The zero-order valence-corrected chi connectivity index (χ0v) is 16.0. The number of anilines is 1. The largest absolute Gasteiger partial charge is 0.326 e. The number of Topliss-reactive ketones (excluding diaryl/α,β-unsaturated/α-hetero) is 1. The summed E-state index contributed by atoms with van der Waals surface area (Å²) in [6.45, 7) is 1.79. The molecular weight excluding hydrogens is 370 g/mol. The summed E-state index contributed by atoms with van der Waals surface area (Å²) in [6.07, 6.45) is 0.417. The number of ketones is 1. The first-order chi connectivity index (χ1) is 12.5. The molecule has 1 N–H and O–H groups in total. The molecule has 0 radical (unpaired) electrons. The van der Waals surface area contributed by atoms with Gasteiger partial charge in [0, 0.05) is 29.7 Å². The SMILES string of the molecule is CCC(=O)Nc1ccc(C(=O)CSc2nc3cc(Cl)ccc3n2C)cc1. The maximum atomic E-state index is 12.4. The zero-order valence-electron chi connectivity index (χ0n) is 14.5. The molecule has 0 aliphatic rings. The summed E-state index contributed by atoms with van der Waals surface area (Å²) >= 11 is 7.39. The summed E-state index contributed by atoms with van der Waals surface area (Å²) < 4.78 is 1.95. The Morgan fingerprint density at radius 1 is 1.19 bits per heavy atom. The molecule has 1 heterocycles. The highest BCUT2D eigenvalue weighted by Gasteiger charge is 2.12. The van der Waals surface area contributed by atoms with E-state index in [0.29, 0.717) is 22.7 Å². The highest BCUT2D eigenvalue weighted by atomic mass is 35.5. The fraction of sp³-hybridized carbons (Fsp3) is 0.211. The van der Waals surface area contributed by atoms with Gasteiger partial charge in [0.25, 0.3) is 0 Å². The Kier molecular flexibility index (Phi) is 5.64. The number of hydrogen-bond donors (Lipinski definition) is 1. The molecule has 26 heavy (non-hydrogen) atoms. The van der Waals surface area contributed by atoms with Gasteiger partial charge in [0.1, 0.15) is 0 Å². The van der Waals surface area contributed by atoms with Crippen LogP contribution in [0.4, 0.5) is 5.69 Å². The van der Waals surface area contributed by atoms with E-state index in [1.165, 1.54) is 11.8 Å². The summed E-state index contributed by atoms with van der Waals surface area (Å²) in [5.74, 6) is 0.237. The Labute approximate surface area is 160 Å². The first-order valence-electron chi connectivity index (χ1n) is 8.16. The molecule has 134 valence electrons. The van der Waals surface area contributed by atoms with Crippen molar-refractivity contribution in [3.05, 3.63) is 53.1 Å². The Morgan fingerprint density at radius 3 is 2.62 bits per heavy atom. The van der Waals surface area contributed by atoms with Gasteiger partial charge in [0.2, 0.25) is 5.91 Å². The van der Waals surface area contributed by atoms with Crippen molar-refractivity contribution in [2.75, 3.05) is 11.1 Å². The smallest absolute Gasteiger partial charge is 0.224 e. The van der Waals surface area contributed by atoms with Gasteiger partial charge in [-0.3, -0.25) is 9.59 Å². The first kappa shape index (κ1) is 18.5. The van der Waals surface area contributed by atoms with Gasteiger partial charge in [-0.15, -0.1) is 0 Å². The van der Waals surface area contributed by atoms with Crippen molar-refractivity contribution in [2.24, 2.45) is 7.05 Å². The third-order valence-electron chi connectivity index (χ3n) is 3.95. The highest BCUT2D eigenvalue weighted by molar-refractivity contribution is 7.99. The number of carbonyl (C=O) groups excluding carboxylic acids is 2. The van der Waals surface area contributed by atoms with E-state index < -0.39 is 0 Å². The second-order valence-corrected chi connectivity index (χ2v) is 7.16. The lowest BCUT2D eigenvalue weighted by Gasteiger charge is -2.05. The van der Waals surface area contributed by atoms with E-state index in [1.54, 1.807) is 31.2 Å². The maximum absolute atomic E-state index is 12.4. The van der Waals surface area contributed by atoms with Gasteiger partial charge < -0.3 is 9.88 Å². The van der Waals surface area contributed by atoms with Crippen LogP contribution in [0.3, 0.4) is 0 Å². The lowest BCUT2D eigenvalue weighted by atomic mass is 10.1. The minimum atomic E-state index is -0.0541. The van der Waals surface area contributed by atoms with E-state index in [2.05, 4.69) is 10.3 Å². The van der Waals surface area contributed by atoms with Crippen LogP contribution in [-0.4, -0.2) is 27.0 Å². The number of imidazole rings is 1. The predicted octanol–water partition coefficient (Wildman–Crippen LogP) is 4.55. The van der Waals surface area contributed by atoms with Crippen LogP contribution in [0.5, 0.6) is 0 Å². The summed E-state index contributed by atoms with van der Waals surface area (Å²) in [7, 11) is 1.92. The lowest BCUT2D eigenvalue weighted by Crippen LogP contribution is -2.10. The molecular formula is C19H18ClN3O2S. The Morgan fingerprint density at radius 2 is 1.92 bits per heavy atom. The molecule has 0 saturated heterocycles. The van der Waals surface area contributed by atoms with Crippen LogP contribution < -0.4 is 5.32 Å². The molecule has 0 aliphatic heterocycles. The molecule has 7 heteroatoms. The van der Waals surface area contributed by atoms with Crippen molar-refractivity contribution in [3.63, 3.8) is 0 Å². The fourth-order valence-electron chi connectivity index (χ4n) is 2.48. The average Bonchev–Trinajstić information content (AvgIpc) is 2.95. The molecule has 0 fully saturated rings. The molecule has 0 unspecified atom stereocenters. The van der Waals surface area contributed by atoms with Crippen molar-refractivity contribution in [2.45, 2.75) is 18.5 Å². The number of hydrogen-bond acceptors (Lipinski definition) is 4. The van der Waals surface area contributed by atoms with E-state index >= 15 is 0 Å². The second-order valence-electron chi connectivity index (χ2n) is 5.78. The third-order valence-corrected chi connectivity index (χ3v) is 5.21. The van der Waals surface area contributed by atoms with E-state index in [4.69, 9.17) is 11.6 Å². The van der Waals surface area contributed by atoms with Crippen LogP contribution in [0, 0.1) is 0 Å². The van der Waals surface area contributed by atoms with Crippen LogP contribution in [0.25, 0.3) is 11.0 Å². The molecule has 1 amide bonds. The van der Waals surface area contributed by atoms with Crippen molar-refractivity contribution >= 4 is 51.8 Å². The van der Waals surface area contributed by atoms with Gasteiger partial charge in [-0.1, -0.05) is 30.3 Å². The quantitative estimate of drug-likeness (QED) is 0.497. The predicted molar refractivity (Wildman–Crippen MR) is 106 cm³/mol. The summed E-state index contributed by atoms with van der Waals surface area (Å²) in [5.41, 5.74) is 3.08. The van der Waals surface area contributed by atoms with Gasteiger partial charge in [-0.05, 0) is 42.5 Å². The van der Waals surface area contributed by atoms with Crippen LogP contribution in [0.15, 0.2) is 47.6 Å². The minimum absolute atomic E-state index is 0.00783. The lowest BCUT2D eigenvalue weighted by molar-refractivity contribution is -0.115. The molecule has 2 aromatic carbocycles. The maximum Gasteiger partial charge on any atom is 0.224 e. The van der Waals surface area contributed by atoms with Crippen LogP contribution in [0.1, 0.15) is 23.7 Å². The van der Waals surface area contributed by atoms with Crippen LogP contribution >= 0.6 is 23.4 Å². The zero-order chi connectivity index (χ0) is 18.7. The molecule has 0 bridgehead atoms. The number of halogens is 1. The van der Waals surface area contributed by atoms with Gasteiger partial charge in [-0.25, -0.2) is 4.98 Å². The van der Waals surface area contributed by atoms with Crippen molar-refractivity contribution < 1.29 is 9.59 Å². The van der Waals surface area contributed by atoms with Crippen LogP contribution in [-0.2, 0) is 11.8 Å². The minimum Gasteiger partial charge on any atom is -0.326 e. The van der Waals surface area contributed by atoms with Gasteiger partial charge in [-0.2, -0.15) is 0 Å². The molecule has 5 nitrogen and oxygen atoms in total. The van der Waals surface area contributed by atoms with Crippen molar-refractivity contribution in [1.82, 2.24) is 9.55 Å². The molecule has 3 rings (SSSR count). The number of benzene rings is 2. The first-order valence-corrected chi connectivity index (χ1v) is 9.52. The molecule has 0 spiro atoms. The summed E-state index contributed by atoms with van der Waals surface area (Å²) in [6, 6.07) is 12.5. The number of aryl methyl sites for hydroxylation is 1. The normalized spacial score (nSPS) is 10.9. The second kappa shape index (κ2) is 7.93. The van der Waals surface area contributed by atoms with E-state index in [-0.39, 0.29) is 17.4 Å². The number of nitrogens with one attached hydrogen (secondary N) is 1. The monoisotopic (exact) mass is 387 g/mol. The standard InChI is InChI=1S/C19H18ClN3O2S/c1-3-18(25)21-14-7-4-12(5-8-14)17(24)11-26-19-22-15-10-13(20)6-9-16(15)23(19)2/h4-10H,3,11H2,1-2H3,(H,21,25). The number of nitrogens with zero attached hydrogens (tertiary/aromatic N) is 2. The van der Waals surface area contributed by atoms with Crippen molar-refractivity contribution in [1.29, 1.82) is 0 Å². The fourth-order valence-corrected chi connectivity index (χ4v) is 3.53. The van der Waals surface area contributed by atoms with E-state index in [9.17, 15) is 9.59 Å². The van der Waals surface area contributed by atoms with Crippen LogP contribution in [0.2, 0.25) is 5.02 Å². The van der Waals surface area contributed by atoms with Gasteiger partial charge >= 0.3 is 0 Å². The topological polar surface area (TPSA) is 64.0 Å². The summed E-state index contributed by atoms with van der Waals surface area (Å²) in [4.78, 5) is 28.3. The Balaban J connectivity index is 1.67. The molecule has 0 aliphatic carbocycles. The Bertz CT molecular complexity index is 967. The Hall–Kier alpha value is -2.31. The average molecular weight is 388 g/mol.